The van der Waals surface area contributed by atoms with Gasteiger partial charge in [-0.3, -0.25) is 0 Å². The predicted octanol–water partition coefficient (Wildman–Crippen LogP) is 4.55. The number of benzene rings is 2. The molecule has 1 aliphatic rings. The number of hydrogen-bond acceptors (Lipinski definition) is 3. The fourth-order valence-corrected chi connectivity index (χ4v) is 3.63. The second-order valence-corrected chi connectivity index (χ2v) is 7.13. The van der Waals surface area contributed by atoms with Gasteiger partial charge < -0.3 is 14.7 Å². The molecule has 1 saturated heterocycles. The minimum absolute atomic E-state index is 0.338. The van der Waals surface area contributed by atoms with Gasteiger partial charge in [-0.25, -0.2) is 0 Å². The Morgan fingerprint density at radius 1 is 1.08 bits per heavy atom. The molecule has 0 amide bonds. The van der Waals surface area contributed by atoms with Gasteiger partial charge >= 0.3 is 0 Å². The van der Waals surface area contributed by atoms with Crippen LogP contribution in [0.4, 0.5) is 0 Å². The highest BCUT2D eigenvalue weighted by molar-refractivity contribution is 6.30. The van der Waals surface area contributed by atoms with Crippen molar-refractivity contribution in [1.82, 2.24) is 4.90 Å². The molecule has 0 aliphatic carbocycles. The van der Waals surface area contributed by atoms with E-state index in [-0.39, 0.29) is 6.10 Å². The highest BCUT2D eigenvalue weighted by atomic mass is 35.5. The maximum atomic E-state index is 10.5. The van der Waals surface area contributed by atoms with Gasteiger partial charge in [-0.15, -0.1) is 0 Å². The van der Waals surface area contributed by atoms with Crippen LogP contribution in [0, 0.1) is 5.92 Å². The quantitative estimate of drug-likeness (QED) is 0.736. The Kier molecular flexibility index (Phi) is 6.74. The molecule has 3 rings (SSSR count). The summed E-state index contributed by atoms with van der Waals surface area (Å²) in [4.78, 5) is 2.47. The first-order valence-corrected chi connectivity index (χ1v) is 9.44. The normalized spacial score (nSPS) is 17.4. The lowest BCUT2D eigenvalue weighted by molar-refractivity contribution is 0.0575. The van der Waals surface area contributed by atoms with Gasteiger partial charge in [0.15, 0.2) is 0 Å². The van der Waals surface area contributed by atoms with Crippen molar-refractivity contribution < 1.29 is 9.84 Å². The molecule has 0 saturated carbocycles. The van der Waals surface area contributed by atoms with Crippen molar-refractivity contribution >= 4 is 11.6 Å². The molecule has 1 heterocycles. The van der Waals surface area contributed by atoms with E-state index in [0.717, 1.165) is 50.2 Å². The first-order valence-electron chi connectivity index (χ1n) is 9.06. The van der Waals surface area contributed by atoms with Crippen LogP contribution in [-0.2, 0) is 0 Å². The summed E-state index contributed by atoms with van der Waals surface area (Å²) in [7, 11) is 0. The number of piperidine rings is 1. The standard InChI is InChI=1S/C21H26ClNO2/c22-19-8-4-9-20(16-19)25-15-5-12-23-13-10-18(11-14-23)21(24)17-6-2-1-3-7-17/h1-4,6-9,16,18,21,24H,5,10-15H2. The van der Waals surface area contributed by atoms with Crippen LogP contribution >= 0.6 is 11.6 Å². The van der Waals surface area contributed by atoms with Gasteiger partial charge in [0.2, 0.25) is 0 Å². The van der Waals surface area contributed by atoms with E-state index in [9.17, 15) is 5.11 Å². The van der Waals surface area contributed by atoms with E-state index in [2.05, 4.69) is 4.90 Å². The van der Waals surface area contributed by atoms with Crippen LogP contribution in [-0.4, -0.2) is 36.2 Å². The second kappa shape index (κ2) is 9.23. The molecule has 0 bridgehead atoms. The maximum absolute atomic E-state index is 10.5. The Labute approximate surface area is 155 Å². The largest absolute Gasteiger partial charge is 0.493 e. The molecule has 1 fully saturated rings. The van der Waals surface area contributed by atoms with Crippen molar-refractivity contribution in [2.24, 2.45) is 5.92 Å². The van der Waals surface area contributed by atoms with E-state index in [1.165, 1.54) is 0 Å². The van der Waals surface area contributed by atoms with Gasteiger partial charge in [-0.2, -0.15) is 0 Å². The summed E-state index contributed by atoms with van der Waals surface area (Å²) in [6.07, 6.45) is 2.75. The van der Waals surface area contributed by atoms with E-state index < -0.39 is 0 Å². The summed E-state index contributed by atoms with van der Waals surface area (Å²) in [5.74, 6) is 1.19. The molecule has 2 aromatic rings. The first kappa shape index (κ1) is 18.2. The molecular formula is C21H26ClNO2. The van der Waals surface area contributed by atoms with Crippen LogP contribution in [0.25, 0.3) is 0 Å². The summed E-state index contributed by atoms with van der Waals surface area (Å²) >= 11 is 5.95. The van der Waals surface area contributed by atoms with Crippen LogP contribution in [0.2, 0.25) is 5.02 Å². The highest BCUT2D eigenvalue weighted by Gasteiger charge is 2.25. The molecule has 25 heavy (non-hydrogen) atoms. The Bertz CT molecular complexity index is 641. The topological polar surface area (TPSA) is 32.7 Å². The van der Waals surface area contributed by atoms with E-state index >= 15 is 0 Å². The lowest BCUT2D eigenvalue weighted by Gasteiger charge is -2.34. The van der Waals surface area contributed by atoms with Crippen LogP contribution < -0.4 is 4.74 Å². The number of ether oxygens (including phenoxy) is 1. The van der Waals surface area contributed by atoms with Gasteiger partial charge in [0.1, 0.15) is 5.75 Å². The van der Waals surface area contributed by atoms with Crippen LogP contribution in [0.15, 0.2) is 54.6 Å². The number of aliphatic hydroxyl groups is 1. The SMILES string of the molecule is OC(c1ccccc1)C1CCN(CCCOc2cccc(Cl)c2)CC1. The van der Waals surface area contributed by atoms with Crippen molar-refractivity contribution in [2.45, 2.75) is 25.4 Å². The third-order valence-corrected chi connectivity index (χ3v) is 5.14. The summed E-state index contributed by atoms with van der Waals surface area (Å²) in [5, 5.41) is 11.2. The van der Waals surface area contributed by atoms with Crippen molar-refractivity contribution in [3.05, 3.63) is 65.2 Å². The van der Waals surface area contributed by atoms with Gasteiger partial charge in [0, 0.05) is 11.6 Å². The van der Waals surface area contributed by atoms with Crippen LogP contribution in [0.1, 0.15) is 30.9 Å². The predicted molar refractivity (Wildman–Crippen MR) is 102 cm³/mol. The molecule has 1 aliphatic heterocycles. The zero-order valence-electron chi connectivity index (χ0n) is 14.5. The fraction of sp³-hybridized carbons (Fsp3) is 0.429. The molecular weight excluding hydrogens is 334 g/mol. The Balaban J connectivity index is 1.35. The van der Waals surface area contributed by atoms with Gasteiger partial charge in [0.25, 0.3) is 0 Å². The zero-order valence-corrected chi connectivity index (χ0v) is 15.2. The molecule has 0 radical (unpaired) electrons. The molecule has 3 nitrogen and oxygen atoms in total. The van der Waals surface area contributed by atoms with Crippen molar-refractivity contribution in [3.63, 3.8) is 0 Å². The lowest BCUT2D eigenvalue weighted by Crippen LogP contribution is -2.36. The fourth-order valence-electron chi connectivity index (χ4n) is 3.45. The van der Waals surface area contributed by atoms with E-state index in [1.807, 2.05) is 54.6 Å². The molecule has 0 aromatic heterocycles. The summed E-state index contributed by atoms with van der Waals surface area (Å²) < 4.78 is 5.74. The Hall–Kier alpha value is -1.55. The number of nitrogens with zero attached hydrogens (tertiary/aromatic N) is 1. The number of rotatable bonds is 7. The van der Waals surface area contributed by atoms with Gasteiger partial charge in [0.05, 0.1) is 12.7 Å². The third kappa shape index (κ3) is 5.46. The number of likely N-dealkylation sites (tertiary alicyclic amines) is 1. The molecule has 4 heteroatoms. The average Bonchev–Trinajstić information content (AvgIpc) is 2.66. The number of halogens is 1. The Morgan fingerprint density at radius 2 is 1.84 bits per heavy atom. The molecule has 0 spiro atoms. The third-order valence-electron chi connectivity index (χ3n) is 4.90. The van der Waals surface area contributed by atoms with Crippen molar-refractivity contribution in [1.29, 1.82) is 0 Å². The molecule has 1 N–H and O–H groups in total. The molecule has 134 valence electrons. The molecule has 2 aromatic carbocycles. The molecule has 1 atom stereocenters. The second-order valence-electron chi connectivity index (χ2n) is 6.69. The monoisotopic (exact) mass is 359 g/mol. The summed E-state index contributed by atoms with van der Waals surface area (Å²) in [6.45, 7) is 3.83. The minimum Gasteiger partial charge on any atom is -0.493 e. The summed E-state index contributed by atoms with van der Waals surface area (Å²) in [6, 6.07) is 17.5. The van der Waals surface area contributed by atoms with Crippen LogP contribution in [0.3, 0.4) is 0 Å². The number of hydrogen-bond donors (Lipinski definition) is 1. The molecule has 1 unspecified atom stereocenters. The van der Waals surface area contributed by atoms with Crippen molar-refractivity contribution in [3.8, 4) is 5.75 Å². The Morgan fingerprint density at radius 3 is 2.56 bits per heavy atom. The maximum Gasteiger partial charge on any atom is 0.120 e. The lowest BCUT2D eigenvalue weighted by atomic mass is 9.87. The number of aliphatic hydroxyl groups excluding tert-OH is 1. The zero-order chi connectivity index (χ0) is 17.5. The van der Waals surface area contributed by atoms with Crippen molar-refractivity contribution in [2.75, 3.05) is 26.2 Å². The van der Waals surface area contributed by atoms with Gasteiger partial charge in [-0.05, 0) is 62.0 Å². The summed E-state index contributed by atoms with van der Waals surface area (Å²) in [5.41, 5.74) is 1.04. The van der Waals surface area contributed by atoms with E-state index in [1.54, 1.807) is 0 Å². The van der Waals surface area contributed by atoms with Gasteiger partial charge in [-0.1, -0.05) is 48.0 Å². The van der Waals surface area contributed by atoms with E-state index in [0.29, 0.717) is 17.5 Å². The minimum atomic E-state index is -0.338. The smallest absolute Gasteiger partial charge is 0.120 e. The average molecular weight is 360 g/mol. The van der Waals surface area contributed by atoms with Crippen LogP contribution in [0.5, 0.6) is 5.75 Å². The first-order chi connectivity index (χ1) is 12.2. The highest BCUT2D eigenvalue weighted by Crippen LogP contribution is 2.30. The van der Waals surface area contributed by atoms with E-state index in [4.69, 9.17) is 16.3 Å².